The number of thiazole rings is 1. The van der Waals surface area contributed by atoms with E-state index in [1.807, 2.05) is 52.2 Å². The van der Waals surface area contributed by atoms with Gasteiger partial charge in [-0.15, -0.1) is 23.1 Å². The number of hydrogen-bond donors (Lipinski definition) is 2. The minimum atomic E-state index is -0.429. The second-order valence-electron chi connectivity index (χ2n) is 8.06. The number of thiophene rings is 1. The van der Waals surface area contributed by atoms with Gasteiger partial charge in [-0.2, -0.15) is 11.3 Å². The van der Waals surface area contributed by atoms with E-state index in [-0.39, 0.29) is 24.2 Å². The number of rotatable bonds is 7. The first-order valence-corrected chi connectivity index (χ1v) is 14.0. The second kappa shape index (κ2) is 11.6. The summed E-state index contributed by atoms with van der Waals surface area (Å²) in [4.78, 5) is 44.6. The van der Waals surface area contributed by atoms with Gasteiger partial charge in [0.15, 0.2) is 0 Å². The van der Waals surface area contributed by atoms with Crippen molar-refractivity contribution in [2.45, 2.75) is 36.5 Å². The average molecular weight is 515 g/mol. The molecule has 0 spiro atoms. The first kappa shape index (κ1) is 24.4. The number of hydrogen-bond acceptors (Lipinski definition) is 7. The van der Waals surface area contributed by atoms with Crippen LogP contribution in [0.1, 0.15) is 45.4 Å². The van der Waals surface area contributed by atoms with Gasteiger partial charge in [0.05, 0.1) is 17.8 Å². The van der Waals surface area contributed by atoms with E-state index in [1.165, 1.54) is 27.6 Å². The molecule has 1 fully saturated rings. The quantitative estimate of drug-likeness (QED) is 0.369. The summed E-state index contributed by atoms with van der Waals surface area (Å²) >= 11 is 4.66. The predicted molar refractivity (Wildman–Crippen MR) is 136 cm³/mol. The van der Waals surface area contributed by atoms with Gasteiger partial charge in [-0.1, -0.05) is 12.1 Å². The van der Waals surface area contributed by atoms with Gasteiger partial charge >= 0.3 is 0 Å². The molecule has 0 radical (unpaired) electrons. The van der Waals surface area contributed by atoms with Gasteiger partial charge in [0, 0.05) is 29.3 Å². The number of nitrogens with one attached hydrogen (secondary N) is 2. The first-order valence-electron chi connectivity index (χ1n) is 11.0. The summed E-state index contributed by atoms with van der Waals surface area (Å²) in [5.74, 6) is -0.335. The third-order valence-corrected chi connectivity index (χ3v) is 8.21. The molecule has 7 nitrogen and oxygen atoms in total. The van der Waals surface area contributed by atoms with Crippen LogP contribution < -0.4 is 10.9 Å². The molecule has 178 valence electrons. The second-order valence-corrected chi connectivity index (χ2v) is 10.6. The molecule has 2 N–H and O–H groups in total. The number of thioether (sulfide) groups is 1. The highest BCUT2D eigenvalue weighted by atomic mass is 32.2. The number of carbonyl (C=O) groups is 3. The Bertz CT molecular complexity index is 1120. The van der Waals surface area contributed by atoms with Gasteiger partial charge in [-0.3, -0.25) is 25.2 Å². The summed E-state index contributed by atoms with van der Waals surface area (Å²) in [6.45, 7) is 1.37. The standard InChI is InChI=1S/C24H26N4O3S3/c1-32-19-4-2-16(3-5-19)13-22(30)28-9-6-18(7-10-28)24-25-20(15-34-24)23(31)27-26-21(29)12-17-8-11-33-14-17/h2-5,8,11,14-15,18H,6-7,9-10,12-13H2,1H3,(H,26,29)(H,27,31). The minimum absolute atomic E-state index is 0.146. The molecule has 0 bridgehead atoms. The Balaban J connectivity index is 1.23. The Kier molecular flexibility index (Phi) is 8.36. The SMILES string of the molecule is CSc1ccc(CC(=O)N2CCC(c3nc(C(=O)NNC(=O)Cc4ccsc4)cs3)CC2)cc1. The Hall–Kier alpha value is -2.69. The Morgan fingerprint density at radius 2 is 1.79 bits per heavy atom. The van der Waals surface area contributed by atoms with Crippen LogP contribution in [0, 0.1) is 0 Å². The monoisotopic (exact) mass is 514 g/mol. The van der Waals surface area contributed by atoms with Crippen LogP contribution in [0.2, 0.25) is 0 Å². The maximum Gasteiger partial charge on any atom is 0.289 e. The number of hydrazine groups is 1. The number of carbonyl (C=O) groups excluding carboxylic acids is 3. The minimum Gasteiger partial charge on any atom is -0.342 e. The van der Waals surface area contributed by atoms with Gasteiger partial charge in [-0.25, -0.2) is 4.98 Å². The van der Waals surface area contributed by atoms with Gasteiger partial charge in [0.25, 0.3) is 5.91 Å². The zero-order valence-electron chi connectivity index (χ0n) is 18.8. The normalized spacial score (nSPS) is 14.1. The summed E-state index contributed by atoms with van der Waals surface area (Å²) < 4.78 is 0. The van der Waals surface area contributed by atoms with Crippen molar-refractivity contribution in [3.8, 4) is 0 Å². The molecule has 10 heteroatoms. The zero-order valence-corrected chi connectivity index (χ0v) is 21.2. The van der Waals surface area contributed by atoms with E-state index in [9.17, 15) is 14.4 Å². The fraction of sp³-hybridized carbons (Fsp3) is 0.333. The predicted octanol–water partition coefficient (Wildman–Crippen LogP) is 3.88. The zero-order chi connectivity index (χ0) is 23.9. The van der Waals surface area contributed by atoms with Crippen LogP contribution in [-0.2, 0) is 22.4 Å². The lowest BCUT2D eigenvalue weighted by Gasteiger charge is -2.31. The molecule has 3 amide bonds. The fourth-order valence-corrected chi connectivity index (χ4v) is 5.85. The van der Waals surface area contributed by atoms with Gasteiger partial charge in [-0.05, 0) is 59.2 Å². The molecule has 0 atom stereocenters. The molecule has 3 heterocycles. The summed E-state index contributed by atoms with van der Waals surface area (Å²) in [7, 11) is 0. The molecule has 34 heavy (non-hydrogen) atoms. The molecule has 4 rings (SSSR count). The highest BCUT2D eigenvalue weighted by molar-refractivity contribution is 7.98. The molecule has 1 saturated heterocycles. The topological polar surface area (TPSA) is 91.4 Å². The average Bonchev–Trinajstić information content (AvgIpc) is 3.56. The lowest BCUT2D eigenvalue weighted by Crippen LogP contribution is -2.42. The molecule has 0 aliphatic carbocycles. The highest BCUT2D eigenvalue weighted by Crippen LogP contribution is 2.30. The van der Waals surface area contributed by atoms with E-state index in [1.54, 1.807) is 17.1 Å². The Morgan fingerprint density at radius 1 is 1.03 bits per heavy atom. The van der Waals surface area contributed by atoms with E-state index in [0.29, 0.717) is 25.2 Å². The van der Waals surface area contributed by atoms with Gasteiger partial charge in [0.2, 0.25) is 11.8 Å². The van der Waals surface area contributed by atoms with E-state index in [2.05, 4.69) is 15.8 Å². The largest absolute Gasteiger partial charge is 0.342 e. The lowest BCUT2D eigenvalue weighted by molar-refractivity contribution is -0.131. The molecule has 1 aromatic carbocycles. The van der Waals surface area contributed by atoms with Crippen LogP contribution in [0.25, 0.3) is 0 Å². The Morgan fingerprint density at radius 3 is 2.47 bits per heavy atom. The number of amides is 3. The summed E-state index contributed by atoms with van der Waals surface area (Å²) in [6.07, 6.45) is 4.31. The summed E-state index contributed by atoms with van der Waals surface area (Å²) in [5, 5.41) is 6.42. The number of benzene rings is 1. The smallest absolute Gasteiger partial charge is 0.289 e. The molecular formula is C24H26N4O3S3. The van der Waals surface area contributed by atoms with Crippen LogP contribution in [0.15, 0.2) is 51.4 Å². The van der Waals surface area contributed by atoms with Crippen LogP contribution in [0.3, 0.4) is 0 Å². The van der Waals surface area contributed by atoms with Crippen LogP contribution in [-0.4, -0.2) is 47.0 Å². The van der Waals surface area contributed by atoms with Crippen molar-refractivity contribution >= 4 is 52.2 Å². The molecule has 1 aliphatic rings. The van der Waals surface area contributed by atoms with Crippen molar-refractivity contribution in [2.75, 3.05) is 19.3 Å². The van der Waals surface area contributed by atoms with E-state index >= 15 is 0 Å². The van der Waals surface area contributed by atoms with Crippen LogP contribution >= 0.6 is 34.4 Å². The third-order valence-electron chi connectivity index (χ3n) is 5.73. The van der Waals surface area contributed by atoms with Crippen molar-refractivity contribution in [1.82, 2.24) is 20.7 Å². The molecule has 2 aromatic heterocycles. The van der Waals surface area contributed by atoms with Crippen molar-refractivity contribution in [3.63, 3.8) is 0 Å². The molecular weight excluding hydrogens is 488 g/mol. The highest BCUT2D eigenvalue weighted by Gasteiger charge is 2.26. The fourth-order valence-electron chi connectivity index (χ4n) is 3.80. The molecule has 3 aromatic rings. The van der Waals surface area contributed by atoms with Gasteiger partial charge < -0.3 is 4.90 Å². The van der Waals surface area contributed by atoms with Crippen molar-refractivity contribution < 1.29 is 14.4 Å². The molecule has 0 unspecified atom stereocenters. The maximum absolute atomic E-state index is 12.7. The maximum atomic E-state index is 12.7. The van der Waals surface area contributed by atoms with Crippen molar-refractivity contribution in [2.24, 2.45) is 0 Å². The first-order chi connectivity index (χ1) is 16.5. The van der Waals surface area contributed by atoms with E-state index in [0.717, 1.165) is 29.0 Å². The lowest BCUT2D eigenvalue weighted by atomic mass is 9.97. The Labute approximate surface area is 210 Å². The number of likely N-dealkylation sites (tertiary alicyclic amines) is 1. The number of aromatic nitrogens is 1. The van der Waals surface area contributed by atoms with Crippen LogP contribution in [0.4, 0.5) is 0 Å². The van der Waals surface area contributed by atoms with E-state index < -0.39 is 5.91 Å². The summed E-state index contributed by atoms with van der Waals surface area (Å²) in [6, 6.07) is 10.0. The number of nitrogens with zero attached hydrogens (tertiary/aromatic N) is 2. The third kappa shape index (κ3) is 6.46. The molecule has 1 aliphatic heterocycles. The molecule has 0 saturated carbocycles. The summed E-state index contributed by atoms with van der Waals surface area (Å²) in [5.41, 5.74) is 7.11. The van der Waals surface area contributed by atoms with Gasteiger partial charge in [0.1, 0.15) is 5.69 Å². The van der Waals surface area contributed by atoms with Crippen LogP contribution in [0.5, 0.6) is 0 Å². The van der Waals surface area contributed by atoms with Crippen molar-refractivity contribution in [3.05, 3.63) is 68.3 Å². The number of piperidine rings is 1. The van der Waals surface area contributed by atoms with Crippen molar-refractivity contribution in [1.29, 1.82) is 0 Å². The van der Waals surface area contributed by atoms with E-state index in [4.69, 9.17) is 0 Å².